The van der Waals surface area contributed by atoms with E-state index >= 15 is 0 Å². The first-order valence-electron chi connectivity index (χ1n) is 10.1. The number of para-hydroxylation sites is 3. The van der Waals surface area contributed by atoms with Crippen LogP contribution < -0.4 is 14.4 Å². The Morgan fingerprint density at radius 1 is 0.727 bits per heavy atom. The minimum absolute atomic E-state index is 0.279. The quantitative estimate of drug-likeness (QED) is 0.241. The number of anilines is 1. The van der Waals surface area contributed by atoms with Crippen molar-refractivity contribution in [2.24, 2.45) is 0 Å². The predicted molar refractivity (Wildman–Crippen MR) is 124 cm³/mol. The molecule has 0 N–H and O–H groups in total. The van der Waals surface area contributed by atoms with E-state index in [2.05, 4.69) is 0 Å². The fourth-order valence-electron chi connectivity index (χ4n) is 3.89. The van der Waals surface area contributed by atoms with Gasteiger partial charge in [0.25, 0.3) is 5.91 Å². The highest BCUT2D eigenvalue weighted by Gasteiger charge is 2.61. The second-order valence-electron chi connectivity index (χ2n) is 7.27. The molecule has 0 saturated heterocycles. The molecule has 162 valence electrons. The largest absolute Gasteiger partial charge is 0.426 e. The van der Waals surface area contributed by atoms with E-state index in [4.69, 9.17) is 9.47 Å². The Labute approximate surface area is 193 Å². The van der Waals surface area contributed by atoms with Gasteiger partial charge in [-0.05, 0) is 41.8 Å². The summed E-state index contributed by atoms with van der Waals surface area (Å²) in [6, 6.07) is 27.1. The van der Waals surface area contributed by atoms with Crippen LogP contribution in [0.3, 0.4) is 0 Å². The summed E-state index contributed by atoms with van der Waals surface area (Å²) >= 11 is 1.24. The molecule has 6 nitrogen and oxygen atoms in total. The Bertz CT molecular complexity index is 1320. The average Bonchev–Trinajstić information content (AvgIpc) is 3.45. The summed E-state index contributed by atoms with van der Waals surface area (Å²) in [5, 5.41) is 1.77. The molecular weight excluding hydrogens is 438 g/mol. The molecule has 1 atom stereocenters. The van der Waals surface area contributed by atoms with E-state index in [1.165, 1.54) is 11.3 Å². The Hall–Kier alpha value is -4.23. The predicted octanol–water partition coefficient (Wildman–Crippen LogP) is 5.19. The number of nitrogens with zero attached hydrogens (tertiary/aromatic N) is 1. The number of carbonyl (C=O) groups excluding carboxylic acids is 3. The lowest BCUT2D eigenvalue weighted by Crippen LogP contribution is -2.50. The molecule has 33 heavy (non-hydrogen) atoms. The van der Waals surface area contributed by atoms with Gasteiger partial charge in [0.15, 0.2) is 0 Å². The Morgan fingerprint density at radius 3 is 1.97 bits per heavy atom. The number of ether oxygens (including phenoxy) is 2. The van der Waals surface area contributed by atoms with Crippen molar-refractivity contribution in [1.82, 2.24) is 0 Å². The van der Waals surface area contributed by atoms with Crippen molar-refractivity contribution in [3.05, 3.63) is 113 Å². The fourth-order valence-corrected chi connectivity index (χ4v) is 4.81. The highest BCUT2D eigenvalue weighted by molar-refractivity contribution is 7.10. The van der Waals surface area contributed by atoms with E-state index in [1.54, 1.807) is 102 Å². The molecule has 2 amide bonds. The van der Waals surface area contributed by atoms with E-state index in [0.29, 0.717) is 16.2 Å². The Morgan fingerprint density at radius 2 is 1.33 bits per heavy atom. The molecule has 0 fully saturated rings. The molecule has 0 spiro atoms. The molecule has 1 aliphatic rings. The number of hydrogen-bond donors (Lipinski definition) is 0. The molecule has 1 aromatic heterocycles. The maximum Gasteiger partial charge on any atom is 0.426 e. The monoisotopic (exact) mass is 455 g/mol. The van der Waals surface area contributed by atoms with Crippen molar-refractivity contribution in [1.29, 1.82) is 0 Å². The maximum atomic E-state index is 14.0. The number of amides is 2. The van der Waals surface area contributed by atoms with E-state index in [1.807, 2.05) is 0 Å². The molecule has 0 aliphatic carbocycles. The zero-order chi connectivity index (χ0) is 22.8. The Kier molecular flexibility index (Phi) is 5.24. The number of fused-ring (bicyclic) bond motifs is 1. The molecule has 0 radical (unpaired) electrons. The normalized spacial score (nSPS) is 16.8. The van der Waals surface area contributed by atoms with Crippen LogP contribution in [0.25, 0.3) is 0 Å². The molecule has 5 rings (SSSR count). The first kappa shape index (κ1) is 20.7. The first-order chi connectivity index (χ1) is 16.1. The van der Waals surface area contributed by atoms with Crippen molar-refractivity contribution >= 4 is 35.0 Å². The van der Waals surface area contributed by atoms with Crippen LogP contribution in [0, 0.1) is 0 Å². The summed E-state index contributed by atoms with van der Waals surface area (Å²) in [4.78, 5) is 42.2. The van der Waals surface area contributed by atoms with E-state index in [9.17, 15) is 14.4 Å². The zero-order valence-electron chi connectivity index (χ0n) is 17.2. The molecule has 4 aromatic rings. The van der Waals surface area contributed by atoms with Gasteiger partial charge in [0, 0.05) is 10.4 Å². The lowest BCUT2D eigenvalue weighted by atomic mass is 9.80. The maximum absolute atomic E-state index is 14.0. The average molecular weight is 455 g/mol. The third kappa shape index (κ3) is 3.39. The highest BCUT2D eigenvalue weighted by Crippen LogP contribution is 2.48. The van der Waals surface area contributed by atoms with E-state index in [0.717, 1.165) is 4.90 Å². The number of imide groups is 1. The van der Waals surface area contributed by atoms with Gasteiger partial charge in [-0.1, -0.05) is 60.7 Å². The standard InChI is InChI=1S/C26H17NO5S/c28-23-26(22-16-9-17-33-22,24(29)31-18-10-3-1-4-11-18)20-14-7-8-15-21(20)27(23)25(30)32-19-12-5-2-6-13-19/h1-17H/t26-/m1/s1. The smallest absolute Gasteiger partial charge is 0.425 e. The van der Waals surface area contributed by atoms with Crippen molar-refractivity contribution < 1.29 is 23.9 Å². The minimum atomic E-state index is -1.84. The van der Waals surface area contributed by atoms with Crippen LogP contribution in [0.4, 0.5) is 10.5 Å². The summed E-state index contributed by atoms with van der Waals surface area (Å²) in [7, 11) is 0. The molecule has 1 aliphatic heterocycles. The van der Waals surface area contributed by atoms with Crippen LogP contribution in [0.1, 0.15) is 10.4 Å². The topological polar surface area (TPSA) is 72.9 Å². The first-order valence-corrected chi connectivity index (χ1v) is 11.0. The molecule has 3 aromatic carbocycles. The number of rotatable bonds is 4. The molecule has 0 saturated carbocycles. The molecular formula is C26H17NO5S. The summed E-state index contributed by atoms with van der Waals surface area (Å²) < 4.78 is 11.1. The summed E-state index contributed by atoms with van der Waals surface area (Å²) in [5.74, 6) is -0.945. The van der Waals surface area contributed by atoms with Gasteiger partial charge in [0.1, 0.15) is 11.5 Å². The van der Waals surface area contributed by atoms with Gasteiger partial charge in [0.05, 0.1) is 5.69 Å². The van der Waals surface area contributed by atoms with Gasteiger partial charge < -0.3 is 9.47 Å². The molecule has 0 unspecified atom stereocenters. The van der Waals surface area contributed by atoms with Gasteiger partial charge in [0.2, 0.25) is 5.41 Å². The highest BCUT2D eigenvalue weighted by atomic mass is 32.1. The van der Waals surface area contributed by atoms with Crippen LogP contribution in [0.15, 0.2) is 102 Å². The van der Waals surface area contributed by atoms with Gasteiger partial charge >= 0.3 is 12.1 Å². The minimum Gasteiger partial charge on any atom is -0.425 e. The van der Waals surface area contributed by atoms with Gasteiger partial charge in [-0.2, -0.15) is 0 Å². The van der Waals surface area contributed by atoms with Crippen LogP contribution in [0.5, 0.6) is 11.5 Å². The van der Waals surface area contributed by atoms with Crippen molar-refractivity contribution in [2.45, 2.75) is 5.41 Å². The number of thiophene rings is 1. The van der Waals surface area contributed by atoms with Crippen molar-refractivity contribution in [2.75, 3.05) is 4.90 Å². The van der Waals surface area contributed by atoms with Crippen molar-refractivity contribution in [3.63, 3.8) is 0 Å². The van der Waals surface area contributed by atoms with Gasteiger partial charge in [-0.3, -0.25) is 4.79 Å². The lowest BCUT2D eigenvalue weighted by molar-refractivity contribution is -0.143. The van der Waals surface area contributed by atoms with Crippen LogP contribution in [0.2, 0.25) is 0 Å². The second kappa shape index (κ2) is 8.37. The number of benzene rings is 3. The second-order valence-corrected chi connectivity index (χ2v) is 8.22. The summed E-state index contributed by atoms with van der Waals surface area (Å²) in [5.41, 5.74) is -1.19. The van der Waals surface area contributed by atoms with Crippen molar-refractivity contribution in [3.8, 4) is 11.5 Å². The van der Waals surface area contributed by atoms with Crippen LogP contribution in [-0.2, 0) is 15.0 Å². The van der Waals surface area contributed by atoms with Crippen LogP contribution >= 0.6 is 11.3 Å². The van der Waals surface area contributed by atoms with E-state index in [-0.39, 0.29) is 11.4 Å². The third-order valence-electron chi connectivity index (χ3n) is 5.35. The number of hydrogen-bond acceptors (Lipinski definition) is 6. The lowest BCUT2D eigenvalue weighted by Gasteiger charge is -2.25. The van der Waals surface area contributed by atoms with E-state index < -0.39 is 23.4 Å². The van der Waals surface area contributed by atoms with Crippen LogP contribution in [-0.4, -0.2) is 18.0 Å². The number of esters is 1. The molecule has 7 heteroatoms. The SMILES string of the molecule is O=C(Oc1ccccc1)N1C(=O)[C@](C(=O)Oc2ccccc2)(c2cccs2)c2ccccc21. The Balaban J connectivity index is 1.63. The molecule has 2 heterocycles. The van der Waals surface area contributed by atoms with Gasteiger partial charge in [-0.25, -0.2) is 14.5 Å². The summed E-state index contributed by atoms with van der Waals surface area (Å²) in [6.07, 6.45) is -0.899. The van der Waals surface area contributed by atoms with Gasteiger partial charge in [-0.15, -0.1) is 11.3 Å². The third-order valence-corrected chi connectivity index (χ3v) is 6.34. The fraction of sp³-hybridized carbons (Fsp3) is 0.0385. The number of carbonyl (C=O) groups is 3. The zero-order valence-corrected chi connectivity index (χ0v) is 18.0. The molecule has 0 bridgehead atoms. The summed E-state index contributed by atoms with van der Waals surface area (Å²) in [6.45, 7) is 0.